The second-order valence-electron chi connectivity index (χ2n) is 10.7. The van der Waals surface area contributed by atoms with Gasteiger partial charge in [0.15, 0.2) is 11.5 Å². The third kappa shape index (κ3) is 6.17. The molecule has 3 aromatic rings. The molecule has 2 aromatic carbocycles. The Bertz CT molecular complexity index is 1500. The van der Waals surface area contributed by atoms with Gasteiger partial charge in [0.2, 0.25) is 24.1 Å². The van der Waals surface area contributed by atoms with E-state index in [0.29, 0.717) is 0 Å². The van der Waals surface area contributed by atoms with E-state index in [1.807, 2.05) is 0 Å². The normalized spacial score (nSPS) is 31.4. The predicted octanol–water partition coefficient (Wildman–Crippen LogP) is -1.83. The molecule has 0 amide bonds. The largest absolute Gasteiger partial charge is 0.507 e. The maximum atomic E-state index is 10.7. The first-order chi connectivity index (χ1) is 21.9. The Kier molecular flexibility index (Phi) is 9.89. The molecule has 10 N–H and O–H groups in total. The third-order valence-corrected chi connectivity index (χ3v) is 7.73. The highest BCUT2D eigenvalue weighted by atomic mass is 16.7. The number of phenols is 2. The van der Waals surface area contributed by atoms with Crippen molar-refractivity contribution in [1.82, 2.24) is 0 Å². The number of benzene rings is 2. The molecule has 2 aliphatic rings. The summed E-state index contributed by atoms with van der Waals surface area (Å²) in [5.41, 5.74) is 0.120. The van der Waals surface area contributed by atoms with Gasteiger partial charge in [0, 0.05) is 24.3 Å². The van der Waals surface area contributed by atoms with E-state index in [1.54, 1.807) is 0 Å². The lowest BCUT2D eigenvalue weighted by atomic mass is 9.99. The Labute approximate surface area is 260 Å². The molecule has 10 atom stereocenters. The summed E-state index contributed by atoms with van der Waals surface area (Å²) in [6.07, 6.45) is -16.5. The quantitative estimate of drug-likeness (QED) is 0.114. The Morgan fingerprint density at radius 3 is 1.61 bits per heavy atom. The number of fused-ring (bicyclic) bond motifs is 1. The Morgan fingerprint density at radius 2 is 1.13 bits per heavy atom. The van der Waals surface area contributed by atoms with E-state index in [-0.39, 0.29) is 56.8 Å². The van der Waals surface area contributed by atoms with Crippen LogP contribution < -0.4 is 18.9 Å². The fraction of sp³-hybridized carbons (Fsp3) is 0.483. The van der Waals surface area contributed by atoms with Gasteiger partial charge >= 0.3 is 11.3 Å². The van der Waals surface area contributed by atoms with Gasteiger partial charge in [0.05, 0.1) is 39.1 Å². The van der Waals surface area contributed by atoms with Crippen LogP contribution >= 0.6 is 0 Å². The first-order valence-corrected chi connectivity index (χ1v) is 14.0. The van der Waals surface area contributed by atoms with Crippen LogP contribution in [0.15, 0.2) is 34.7 Å². The molecule has 1 aromatic heterocycles. The molecule has 2 saturated heterocycles. The Balaban J connectivity index is 1.65. The van der Waals surface area contributed by atoms with Gasteiger partial charge in [0.1, 0.15) is 65.7 Å². The van der Waals surface area contributed by atoms with Crippen molar-refractivity contribution in [1.29, 1.82) is 0 Å². The van der Waals surface area contributed by atoms with Crippen molar-refractivity contribution in [3.63, 3.8) is 0 Å². The number of aliphatic hydroxyl groups excluding tert-OH is 8. The van der Waals surface area contributed by atoms with E-state index >= 15 is 0 Å². The van der Waals surface area contributed by atoms with Gasteiger partial charge in [-0.2, -0.15) is 0 Å². The summed E-state index contributed by atoms with van der Waals surface area (Å²) in [5.74, 6) is -1.32. The second-order valence-corrected chi connectivity index (χ2v) is 10.7. The van der Waals surface area contributed by atoms with Crippen molar-refractivity contribution in [2.45, 2.75) is 61.4 Å². The molecule has 5 rings (SSSR count). The number of aromatic hydroxyl groups is 2. The molecule has 252 valence electrons. The summed E-state index contributed by atoms with van der Waals surface area (Å²) in [6.45, 7) is -1.45. The summed E-state index contributed by atoms with van der Waals surface area (Å²) in [6, 6.07) is 6.34. The Morgan fingerprint density at radius 1 is 0.630 bits per heavy atom. The molecule has 17 nitrogen and oxygen atoms in total. The third-order valence-electron chi connectivity index (χ3n) is 7.73. The highest BCUT2D eigenvalue weighted by Gasteiger charge is 2.47. The molecular weight excluding hydrogens is 620 g/mol. The van der Waals surface area contributed by atoms with Crippen LogP contribution in [-0.4, -0.2) is 140 Å². The molecule has 0 bridgehead atoms. The summed E-state index contributed by atoms with van der Waals surface area (Å²) in [5, 5.41) is 102. The van der Waals surface area contributed by atoms with E-state index in [9.17, 15) is 51.1 Å². The summed E-state index contributed by atoms with van der Waals surface area (Å²) >= 11 is 0. The number of rotatable bonds is 9. The molecule has 2 fully saturated rings. The van der Waals surface area contributed by atoms with E-state index in [1.165, 1.54) is 38.5 Å². The first kappa shape index (κ1) is 33.6. The smallest absolute Gasteiger partial charge is 0.402 e. The van der Waals surface area contributed by atoms with E-state index in [0.717, 1.165) is 6.07 Å². The van der Waals surface area contributed by atoms with E-state index < -0.39 is 74.6 Å². The zero-order valence-electron chi connectivity index (χ0n) is 24.4. The number of phenolic OH excluding ortho intramolecular Hbond substituents is 2. The van der Waals surface area contributed by atoms with Crippen molar-refractivity contribution in [3.05, 3.63) is 30.3 Å². The number of aliphatic hydroxyl groups is 8. The standard InChI is InChI=1S/C29H34O17/c1-40-15-3-10(4-16(41-2)20(15)33)27-17(44-29-26(39)24(37)22(35)19(9-31)46-29)7-12-13(42-27)5-11(32)6-14(12)43-28-25(38)23(36)21(34)18(8-30)45-28/h3-7,18-19,21-26,28-31,34-39H,8-9H2,1-2H3,(H-,32,33)/p+1/t18-,19+,21-,22+,23+,24-,25-,26+,28-,29+/m1/s1. The number of methoxy groups -OCH3 is 2. The average molecular weight is 656 g/mol. The molecule has 0 spiro atoms. The monoisotopic (exact) mass is 655 g/mol. The van der Waals surface area contributed by atoms with Crippen LogP contribution in [0.3, 0.4) is 0 Å². The zero-order valence-corrected chi connectivity index (χ0v) is 24.4. The molecule has 2 aliphatic heterocycles. The maximum absolute atomic E-state index is 10.7. The van der Waals surface area contributed by atoms with Gasteiger partial charge in [0.25, 0.3) is 0 Å². The maximum Gasteiger partial charge on any atom is 0.402 e. The predicted molar refractivity (Wildman–Crippen MR) is 151 cm³/mol. The molecular formula is C29H35O17+. The van der Waals surface area contributed by atoms with Crippen molar-refractivity contribution >= 4 is 11.0 Å². The minimum absolute atomic E-state index is 0.0361. The topological polar surface area (TPSA) is 269 Å². The lowest BCUT2D eigenvalue weighted by Crippen LogP contribution is -2.60. The summed E-state index contributed by atoms with van der Waals surface area (Å²) in [7, 11) is 2.59. The molecule has 0 unspecified atom stereocenters. The number of ether oxygens (including phenoxy) is 6. The molecule has 17 heteroatoms. The minimum Gasteiger partial charge on any atom is -0.507 e. The summed E-state index contributed by atoms with van der Waals surface area (Å²) < 4.78 is 39.3. The van der Waals surface area contributed by atoms with E-state index in [2.05, 4.69) is 0 Å². The lowest BCUT2D eigenvalue weighted by Gasteiger charge is -2.39. The molecule has 0 saturated carbocycles. The minimum atomic E-state index is -1.82. The molecule has 0 radical (unpaired) electrons. The second kappa shape index (κ2) is 13.5. The van der Waals surface area contributed by atoms with Gasteiger partial charge in [-0.1, -0.05) is 0 Å². The van der Waals surface area contributed by atoms with Crippen molar-refractivity contribution < 1.29 is 83.9 Å². The highest BCUT2D eigenvalue weighted by molar-refractivity contribution is 5.89. The summed E-state index contributed by atoms with van der Waals surface area (Å²) in [4.78, 5) is 0. The van der Waals surface area contributed by atoms with Crippen molar-refractivity contribution in [2.75, 3.05) is 27.4 Å². The first-order valence-electron chi connectivity index (χ1n) is 14.0. The molecule has 3 heterocycles. The SMILES string of the molecule is COc1cc(-c2[o+]c3cc(O)cc(O[C@@H]4O[C@H](CO)[C@@H](O)[C@H](O)[C@H]4O)c3cc2O[C@H]2O[C@@H](CO)[C@H](O)[C@@H](O)[C@@H]2O)cc(OC)c1O. The highest BCUT2D eigenvalue weighted by Crippen LogP contribution is 2.46. The molecule has 46 heavy (non-hydrogen) atoms. The van der Waals surface area contributed by atoms with Gasteiger partial charge < -0.3 is 79.5 Å². The van der Waals surface area contributed by atoms with Crippen LogP contribution in [0, 0.1) is 0 Å². The van der Waals surface area contributed by atoms with Crippen LogP contribution in [0.2, 0.25) is 0 Å². The Hall–Kier alpha value is -3.75. The van der Waals surface area contributed by atoms with Gasteiger partial charge in [-0.25, -0.2) is 4.42 Å². The van der Waals surface area contributed by atoms with Crippen LogP contribution in [0.1, 0.15) is 0 Å². The van der Waals surface area contributed by atoms with Crippen LogP contribution in [-0.2, 0) is 9.47 Å². The number of hydrogen-bond acceptors (Lipinski definition) is 16. The van der Waals surface area contributed by atoms with Crippen LogP contribution in [0.25, 0.3) is 22.3 Å². The van der Waals surface area contributed by atoms with Crippen molar-refractivity contribution in [2.24, 2.45) is 0 Å². The van der Waals surface area contributed by atoms with Crippen molar-refractivity contribution in [3.8, 4) is 45.8 Å². The van der Waals surface area contributed by atoms with E-state index in [4.69, 9.17) is 32.8 Å². The number of hydrogen-bond donors (Lipinski definition) is 10. The average Bonchev–Trinajstić information content (AvgIpc) is 3.05. The van der Waals surface area contributed by atoms with Gasteiger partial charge in [-0.15, -0.1) is 0 Å². The molecule has 0 aliphatic carbocycles. The van der Waals surface area contributed by atoms with Crippen LogP contribution in [0.4, 0.5) is 0 Å². The zero-order chi connectivity index (χ0) is 33.4. The van der Waals surface area contributed by atoms with Gasteiger partial charge in [-0.05, 0) is 0 Å². The lowest BCUT2D eigenvalue weighted by molar-refractivity contribution is -0.277. The van der Waals surface area contributed by atoms with Crippen LogP contribution in [0.5, 0.6) is 34.5 Å². The van der Waals surface area contributed by atoms with Gasteiger partial charge in [-0.3, -0.25) is 0 Å². The fourth-order valence-electron chi connectivity index (χ4n) is 5.16. The fourth-order valence-corrected chi connectivity index (χ4v) is 5.16.